The zero-order valence-corrected chi connectivity index (χ0v) is 10.1. The summed E-state index contributed by atoms with van der Waals surface area (Å²) >= 11 is 6.11. The first kappa shape index (κ1) is 11.0. The Bertz CT molecular complexity index is 599. The molecule has 0 aliphatic heterocycles. The predicted octanol–water partition coefficient (Wildman–Crippen LogP) is 3.15. The van der Waals surface area contributed by atoms with Crippen LogP contribution in [0.2, 0.25) is 5.02 Å². The Balaban J connectivity index is 2.93. The van der Waals surface area contributed by atoms with Crippen LogP contribution >= 0.6 is 11.6 Å². The number of rotatable bonds is 1. The summed E-state index contributed by atoms with van der Waals surface area (Å²) in [6.07, 6.45) is 0. The van der Waals surface area contributed by atoms with E-state index in [0.717, 1.165) is 22.2 Å². The maximum absolute atomic E-state index is 10.9. The van der Waals surface area contributed by atoms with Gasteiger partial charge in [0.15, 0.2) is 0 Å². The van der Waals surface area contributed by atoms with E-state index in [1.807, 2.05) is 25.5 Å². The molecule has 0 saturated carbocycles. The van der Waals surface area contributed by atoms with Gasteiger partial charge in [0, 0.05) is 18.1 Å². The highest BCUT2D eigenvalue weighted by atomic mass is 35.5. The van der Waals surface area contributed by atoms with Crippen molar-refractivity contribution in [1.29, 1.82) is 0 Å². The van der Waals surface area contributed by atoms with E-state index in [9.17, 15) is 4.79 Å². The summed E-state index contributed by atoms with van der Waals surface area (Å²) in [6.45, 7) is 3.96. The second kappa shape index (κ2) is 3.52. The lowest BCUT2D eigenvalue weighted by Crippen LogP contribution is -1.96. The van der Waals surface area contributed by atoms with Crippen molar-refractivity contribution in [2.24, 2.45) is 7.05 Å². The topological polar surface area (TPSA) is 42.2 Å². The van der Waals surface area contributed by atoms with E-state index in [1.165, 1.54) is 6.07 Å². The van der Waals surface area contributed by atoms with Crippen LogP contribution in [0.15, 0.2) is 12.1 Å². The van der Waals surface area contributed by atoms with Crippen molar-refractivity contribution in [1.82, 2.24) is 4.57 Å². The number of aromatic nitrogens is 1. The first-order valence-electron chi connectivity index (χ1n) is 4.92. The van der Waals surface area contributed by atoms with Crippen LogP contribution in [0.4, 0.5) is 0 Å². The number of aryl methyl sites for hydroxylation is 2. The Morgan fingerprint density at radius 2 is 2.00 bits per heavy atom. The van der Waals surface area contributed by atoms with Crippen LogP contribution in [0.25, 0.3) is 10.9 Å². The van der Waals surface area contributed by atoms with E-state index in [4.69, 9.17) is 16.7 Å². The van der Waals surface area contributed by atoms with Gasteiger partial charge in [-0.3, -0.25) is 0 Å². The van der Waals surface area contributed by atoms with Crippen LogP contribution in [0.5, 0.6) is 0 Å². The van der Waals surface area contributed by atoms with Crippen molar-refractivity contribution >= 4 is 28.5 Å². The molecule has 1 N–H and O–H groups in total. The normalized spacial score (nSPS) is 11.0. The third-order valence-corrected chi connectivity index (χ3v) is 3.38. The van der Waals surface area contributed by atoms with Gasteiger partial charge < -0.3 is 9.67 Å². The summed E-state index contributed by atoms with van der Waals surface area (Å²) < 4.78 is 1.98. The molecule has 1 aromatic heterocycles. The van der Waals surface area contributed by atoms with Crippen LogP contribution in [-0.2, 0) is 7.05 Å². The third kappa shape index (κ3) is 1.39. The van der Waals surface area contributed by atoms with Crippen LogP contribution in [-0.4, -0.2) is 15.6 Å². The number of hydrogen-bond acceptors (Lipinski definition) is 1. The quantitative estimate of drug-likeness (QED) is 0.828. The average Bonchev–Trinajstić information content (AvgIpc) is 2.44. The molecule has 0 saturated heterocycles. The zero-order chi connectivity index (χ0) is 12.0. The predicted molar refractivity (Wildman–Crippen MR) is 64.4 cm³/mol. The fourth-order valence-corrected chi connectivity index (χ4v) is 2.31. The lowest BCUT2D eigenvalue weighted by molar-refractivity contribution is 0.0697. The second-order valence-corrected chi connectivity index (χ2v) is 4.34. The molecule has 0 aliphatic carbocycles. The van der Waals surface area contributed by atoms with Crippen molar-refractivity contribution < 1.29 is 9.90 Å². The van der Waals surface area contributed by atoms with Gasteiger partial charge in [0.1, 0.15) is 0 Å². The Hall–Kier alpha value is -1.48. The highest BCUT2D eigenvalue weighted by molar-refractivity contribution is 6.35. The van der Waals surface area contributed by atoms with Gasteiger partial charge in [-0.1, -0.05) is 11.6 Å². The maximum Gasteiger partial charge on any atom is 0.335 e. The molecule has 3 nitrogen and oxygen atoms in total. The molecule has 0 atom stereocenters. The zero-order valence-electron chi connectivity index (χ0n) is 9.34. The van der Waals surface area contributed by atoms with E-state index in [0.29, 0.717) is 5.02 Å². The molecule has 1 heterocycles. The fourth-order valence-electron chi connectivity index (χ4n) is 1.96. The number of nitrogens with zero attached hydrogens (tertiary/aromatic N) is 1. The van der Waals surface area contributed by atoms with E-state index in [-0.39, 0.29) is 5.56 Å². The third-order valence-electron chi connectivity index (χ3n) is 3.10. The molecule has 0 fully saturated rings. The fraction of sp³-hybridized carbons (Fsp3) is 0.250. The van der Waals surface area contributed by atoms with Gasteiger partial charge in [0.2, 0.25) is 0 Å². The highest BCUT2D eigenvalue weighted by Crippen LogP contribution is 2.31. The molecule has 0 bridgehead atoms. The van der Waals surface area contributed by atoms with Crippen LogP contribution in [0.1, 0.15) is 21.6 Å². The number of carbonyl (C=O) groups is 1. The first-order chi connectivity index (χ1) is 7.43. The lowest BCUT2D eigenvalue weighted by atomic mass is 10.1. The summed E-state index contributed by atoms with van der Waals surface area (Å²) in [7, 11) is 1.93. The molecular weight excluding hydrogens is 226 g/mol. The minimum Gasteiger partial charge on any atom is -0.478 e. The van der Waals surface area contributed by atoms with E-state index >= 15 is 0 Å². The first-order valence-corrected chi connectivity index (χ1v) is 5.29. The molecule has 0 spiro atoms. The number of halogens is 1. The van der Waals surface area contributed by atoms with Crippen molar-refractivity contribution in [3.8, 4) is 0 Å². The SMILES string of the molecule is Cc1c(C)n(C)c2c(Cl)cc(C(=O)O)cc12. The number of aromatic carboxylic acids is 1. The molecule has 0 radical (unpaired) electrons. The minimum atomic E-state index is -0.954. The van der Waals surface area contributed by atoms with Gasteiger partial charge in [-0.25, -0.2) is 4.79 Å². The molecule has 16 heavy (non-hydrogen) atoms. The Kier molecular flexibility index (Phi) is 2.43. The van der Waals surface area contributed by atoms with Gasteiger partial charge in [0.05, 0.1) is 16.1 Å². The van der Waals surface area contributed by atoms with Gasteiger partial charge >= 0.3 is 5.97 Å². The molecule has 84 valence electrons. The van der Waals surface area contributed by atoms with Crippen LogP contribution in [0, 0.1) is 13.8 Å². The van der Waals surface area contributed by atoms with Crippen LogP contribution < -0.4 is 0 Å². The van der Waals surface area contributed by atoms with Gasteiger partial charge in [-0.15, -0.1) is 0 Å². The molecule has 0 aliphatic rings. The Labute approximate surface area is 98.3 Å². The summed E-state index contributed by atoms with van der Waals surface area (Å²) in [5, 5.41) is 10.4. The number of hydrogen-bond donors (Lipinski definition) is 1. The summed E-state index contributed by atoms with van der Waals surface area (Å²) in [5.74, 6) is -0.954. The lowest BCUT2D eigenvalue weighted by Gasteiger charge is -2.02. The van der Waals surface area contributed by atoms with Crippen molar-refractivity contribution in [2.45, 2.75) is 13.8 Å². The largest absolute Gasteiger partial charge is 0.478 e. The van der Waals surface area contributed by atoms with Crippen LogP contribution in [0.3, 0.4) is 0 Å². The Morgan fingerprint density at radius 3 is 2.56 bits per heavy atom. The van der Waals surface area contributed by atoms with E-state index < -0.39 is 5.97 Å². The second-order valence-electron chi connectivity index (χ2n) is 3.93. The van der Waals surface area contributed by atoms with E-state index in [1.54, 1.807) is 6.07 Å². The van der Waals surface area contributed by atoms with Crippen molar-refractivity contribution in [3.63, 3.8) is 0 Å². The molecule has 0 amide bonds. The molecule has 0 unspecified atom stereocenters. The summed E-state index contributed by atoms with van der Waals surface area (Å²) in [5.41, 5.74) is 3.29. The van der Waals surface area contributed by atoms with E-state index in [2.05, 4.69) is 0 Å². The molecule has 2 rings (SSSR count). The van der Waals surface area contributed by atoms with Gasteiger partial charge in [0.25, 0.3) is 0 Å². The number of carboxylic acid groups (broad SMARTS) is 1. The number of benzene rings is 1. The molecule has 1 aromatic carbocycles. The Morgan fingerprint density at radius 1 is 1.38 bits per heavy atom. The minimum absolute atomic E-state index is 0.228. The van der Waals surface area contributed by atoms with Crippen molar-refractivity contribution in [3.05, 3.63) is 34.0 Å². The maximum atomic E-state index is 10.9. The molecule has 2 aromatic rings. The smallest absolute Gasteiger partial charge is 0.335 e. The monoisotopic (exact) mass is 237 g/mol. The highest BCUT2D eigenvalue weighted by Gasteiger charge is 2.14. The average molecular weight is 238 g/mol. The standard InChI is InChI=1S/C12H12ClNO2/c1-6-7(2)14(3)11-9(6)4-8(12(15)16)5-10(11)13/h4-5H,1-3H3,(H,15,16). The number of fused-ring (bicyclic) bond motifs is 1. The molecule has 4 heteroatoms. The van der Waals surface area contributed by atoms with Crippen molar-refractivity contribution in [2.75, 3.05) is 0 Å². The summed E-state index contributed by atoms with van der Waals surface area (Å²) in [4.78, 5) is 10.9. The number of carboxylic acids is 1. The molecular formula is C12H12ClNO2. The van der Waals surface area contributed by atoms with Gasteiger partial charge in [-0.05, 0) is 31.5 Å². The summed E-state index contributed by atoms with van der Waals surface area (Å²) in [6, 6.07) is 3.16. The van der Waals surface area contributed by atoms with Gasteiger partial charge in [-0.2, -0.15) is 0 Å².